The largest absolute Gasteiger partial charge is 0.382 e. The van der Waals surface area contributed by atoms with Gasteiger partial charge in [0, 0.05) is 24.5 Å². The van der Waals surface area contributed by atoms with Gasteiger partial charge >= 0.3 is 0 Å². The molecule has 20 heavy (non-hydrogen) atoms. The van der Waals surface area contributed by atoms with Gasteiger partial charge in [-0.3, -0.25) is 0 Å². The Bertz CT molecular complexity index is 649. The van der Waals surface area contributed by atoms with Gasteiger partial charge < -0.3 is 11.1 Å². The molecule has 0 spiro atoms. The molecule has 0 saturated heterocycles. The standard InChI is InChI=1S/C11H16N4O2S3/c1-2-7-20(16,17)9-10(12)15-19-11(9)14-4-3-8-13-5-6-18-8/h5-6,14H,2-4,7H2,1H3,(H2,12,15). The molecule has 3 N–H and O–H groups in total. The molecular weight excluding hydrogens is 316 g/mol. The smallest absolute Gasteiger partial charge is 0.185 e. The first-order valence-electron chi connectivity index (χ1n) is 6.14. The molecule has 0 radical (unpaired) electrons. The van der Waals surface area contributed by atoms with Crippen LogP contribution < -0.4 is 11.1 Å². The van der Waals surface area contributed by atoms with Crippen LogP contribution in [0.2, 0.25) is 0 Å². The number of thiazole rings is 1. The third-order valence-corrected chi connectivity index (χ3v) is 6.33. The first-order chi connectivity index (χ1) is 9.54. The topological polar surface area (TPSA) is 98.0 Å². The summed E-state index contributed by atoms with van der Waals surface area (Å²) in [5.41, 5.74) is 5.69. The van der Waals surface area contributed by atoms with E-state index in [-0.39, 0.29) is 16.5 Å². The fourth-order valence-electron chi connectivity index (χ4n) is 1.74. The summed E-state index contributed by atoms with van der Waals surface area (Å²) < 4.78 is 28.3. The summed E-state index contributed by atoms with van der Waals surface area (Å²) in [4.78, 5) is 4.32. The summed E-state index contributed by atoms with van der Waals surface area (Å²) in [6.45, 7) is 2.42. The Morgan fingerprint density at radius 3 is 2.90 bits per heavy atom. The number of aromatic nitrogens is 2. The predicted molar refractivity (Wildman–Crippen MR) is 83.2 cm³/mol. The number of nitrogen functional groups attached to an aromatic ring is 1. The van der Waals surface area contributed by atoms with Crippen molar-refractivity contribution in [3.05, 3.63) is 16.6 Å². The molecule has 6 nitrogen and oxygen atoms in total. The third-order valence-electron chi connectivity index (χ3n) is 2.57. The lowest BCUT2D eigenvalue weighted by Gasteiger charge is -2.06. The van der Waals surface area contributed by atoms with Crippen molar-refractivity contribution < 1.29 is 8.42 Å². The fraction of sp³-hybridized carbons (Fsp3) is 0.455. The SMILES string of the molecule is CCCS(=O)(=O)c1c(N)nsc1NCCc1nccs1. The van der Waals surface area contributed by atoms with Gasteiger partial charge in [-0.2, -0.15) is 4.37 Å². The molecule has 0 atom stereocenters. The van der Waals surface area contributed by atoms with E-state index in [1.165, 1.54) is 0 Å². The Kier molecular flexibility index (Phi) is 4.95. The van der Waals surface area contributed by atoms with Crippen LogP contribution in [-0.4, -0.2) is 30.1 Å². The van der Waals surface area contributed by atoms with Gasteiger partial charge in [0.2, 0.25) is 0 Å². The molecular formula is C11H16N4O2S3. The highest BCUT2D eigenvalue weighted by Crippen LogP contribution is 2.32. The minimum atomic E-state index is -3.37. The van der Waals surface area contributed by atoms with Gasteiger partial charge in [0.1, 0.15) is 9.90 Å². The Hall–Kier alpha value is -1.19. The zero-order chi connectivity index (χ0) is 14.6. The van der Waals surface area contributed by atoms with Crippen molar-refractivity contribution in [3.8, 4) is 0 Å². The molecule has 0 aliphatic rings. The van der Waals surface area contributed by atoms with E-state index in [0.29, 0.717) is 18.0 Å². The molecule has 2 rings (SSSR count). The van der Waals surface area contributed by atoms with E-state index in [1.54, 1.807) is 17.5 Å². The zero-order valence-corrected chi connectivity index (χ0v) is 13.4. The summed E-state index contributed by atoms with van der Waals surface area (Å²) in [6.07, 6.45) is 3.04. The molecule has 9 heteroatoms. The maximum Gasteiger partial charge on any atom is 0.185 e. The van der Waals surface area contributed by atoms with Gasteiger partial charge in [-0.05, 0) is 18.0 Å². The van der Waals surface area contributed by atoms with Crippen LogP contribution in [0.3, 0.4) is 0 Å². The number of anilines is 2. The molecule has 2 aromatic rings. The van der Waals surface area contributed by atoms with E-state index in [2.05, 4.69) is 14.7 Å². The highest BCUT2D eigenvalue weighted by molar-refractivity contribution is 7.91. The molecule has 0 aliphatic carbocycles. The lowest BCUT2D eigenvalue weighted by molar-refractivity contribution is 0.595. The van der Waals surface area contributed by atoms with Gasteiger partial charge in [0.05, 0.1) is 10.8 Å². The zero-order valence-electron chi connectivity index (χ0n) is 11.0. The number of nitrogens with zero attached hydrogens (tertiary/aromatic N) is 2. The van der Waals surface area contributed by atoms with Crippen molar-refractivity contribution in [2.24, 2.45) is 0 Å². The number of rotatable bonds is 7. The maximum atomic E-state index is 12.2. The van der Waals surface area contributed by atoms with E-state index in [1.807, 2.05) is 12.3 Å². The van der Waals surface area contributed by atoms with Crippen molar-refractivity contribution in [2.45, 2.75) is 24.7 Å². The number of hydrogen-bond donors (Lipinski definition) is 2. The highest BCUT2D eigenvalue weighted by Gasteiger charge is 2.24. The van der Waals surface area contributed by atoms with Crippen molar-refractivity contribution in [3.63, 3.8) is 0 Å². The van der Waals surface area contributed by atoms with Crippen molar-refractivity contribution >= 4 is 43.5 Å². The molecule has 2 heterocycles. The van der Waals surface area contributed by atoms with Gasteiger partial charge in [0.15, 0.2) is 15.7 Å². The lowest BCUT2D eigenvalue weighted by atomic mass is 10.4. The Morgan fingerprint density at radius 2 is 2.25 bits per heavy atom. The third kappa shape index (κ3) is 3.47. The van der Waals surface area contributed by atoms with Crippen LogP contribution in [0.4, 0.5) is 10.8 Å². The summed E-state index contributed by atoms with van der Waals surface area (Å²) in [7, 11) is -3.37. The van der Waals surface area contributed by atoms with Crippen molar-refractivity contribution in [1.82, 2.24) is 9.36 Å². The second kappa shape index (κ2) is 6.51. The van der Waals surface area contributed by atoms with E-state index in [0.717, 1.165) is 23.0 Å². The monoisotopic (exact) mass is 332 g/mol. The Balaban J connectivity index is 2.09. The van der Waals surface area contributed by atoms with Crippen molar-refractivity contribution in [1.29, 1.82) is 0 Å². The number of sulfone groups is 1. The van der Waals surface area contributed by atoms with Gasteiger partial charge in [-0.15, -0.1) is 11.3 Å². The van der Waals surface area contributed by atoms with E-state index < -0.39 is 9.84 Å². The Morgan fingerprint density at radius 1 is 1.45 bits per heavy atom. The van der Waals surface area contributed by atoms with Gasteiger partial charge in [0.25, 0.3) is 0 Å². The molecule has 0 amide bonds. The number of nitrogens with one attached hydrogen (secondary N) is 1. The summed E-state index contributed by atoms with van der Waals surface area (Å²) >= 11 is 2.66. The minimum Gasteiger partial charge on any atom is -0.382 e. The maximum absolute atomic E-state index is 12.2. The quantitative estimate of drug-likeness (QED) is 0.805. The minimum absolute atomic E-state index is 0.0801. The first kappa shape index (κ1) is 15.2. The molecule has 0 fully saturated rings. The fourth-order valence-corrected chi connectivity index (χ4v) is 5.00. The predicted octanol–water partition coefficient (Wildman–Crippen LogP) is 2.02. The van der Waals surface area contributed by atoms with Crippen LogP contribution in [0.25, 0.3) is 0 Å². The lowest BCUT2D eigenvalue weighted by Crippen LogP contribution is -2.11. The summed E-state index contributed by atoms with van der Waals surface area (Å²) in [6, 6.07) is 0. The van der Waals surface area contributed by atoms with Crippen LogP contribution >= 0.6 is 22.9 Å². The summed E-state index contributed by atoms with van der Waals surface area (Å²) in [5, 5.41) is 6.54. The number of hydrogen-bond acceptors (Lipinski definition) is 8. The highest BCUT2D eigenvalue weighted by atomic mass is 32.2. The molecule has 0 aromatic carbocycles. The van der Waals surface area contributed by atoms with Crippen LogP contribution in [0.5, 0.6) is 0 Å². The molecule has 2 aromatic heterocycles. The van der Waals surface area contributed by atoms with Crippen molar-refractivity contribution in [2.75, 3.05) is 23.3 Å². The normalized spacial score (nSPS) is 11.7. The average Bonchev–Trinajstić information content (AvgIpc) is 2.99. The molecule has 0 unspecified atom stereocenters. The van der Waals surface area contributed by atoms with E-state index >= 15 is 0 Å². The Labute approximate surface area is 126 Å². The summed E-state index contributed by atoms with van der Waals surface area (Å²) in [5.74, 6) is 0.164. The van der Waals surface area contributed by atoms with E-state index in [9.17, 15) is 8.42 Å². The van der Waals surface area contributed by atoms with Crippen LogP contribution in [0.1, 0.15) is 18.4 Å². The number of nitrogens with two attached hydrogens (primary N) is 1. The van der Waals surface area contributed by atoms with Crippen LogP contribution in [0.15, 0.2) is 16.5 Å². The first-order valence-corrected chi connectivity index (χ1v) is 9.45. The van der Waals surface area contributed by atoms with Gasteiger partial charge in [-0.25, -0.2) is 13.4 Å². The van der Waals surface area contributed by atoms with Crippen LogP contribution in [-0.2, 0) is 16.3 Å². The van der Waals surface area contributed by atoms with E-state index in [4.69, 9.17) is 5.73 Å². The average molecular weight is 332 g/mol. The molecule has 0 aliphatic heterocycles. The molecule has 0 saturated carbocycles. The van der Waals surface area contributed by atoms with Gasteiger partial charge in [-0.1, -0.05) is 6.92 Å². The van der Waals surface area contributed by atoms with Crippen LogP contribution in [0, 0.1) is 0 Å². The molecule has 0 bridgehead atoms. The molecule has 110 valence electrons. The second-order valence-corrected chi connectivity index (χ2v) is 7.95. The second-order valence-electron chi connectivity index (χ2n) is 4.15.